The molecule has 0 aliphatic carbocycles. The van der Waals surface area contributed by atoms with Crippen molar-refractivity contribution in [2.24, 2.45) is 0 Å². The topological polar surface area (TPSA) is 60.4 Å². The molecule has 0 atom stereocenters. The van der Waals surface area contributed by atoms with Crippen LogP contribution in [0.1, 0.15) is 0 Å². The third kappa shape index (κ3) is 3.05. The average molecular weight is 385 g/mol. The summed E-state index contributed by atoms with van der Waals surface area (Å²) in [5, 5.41) is 1.43. The Bertz CT molecular complexity index is 1120. The molecule has 0 aliphatic heterocycles. The number of benzene rings is 2. The van der Waals surface area contributed by atoms with Crippen molar-refractivity contribution in [2.75, 3.05) is 0 Å². The highest BCUT2D eigenvalue weighted by molar-refractivity contribution is 6.30. The van der Waals surface area contributed by atoms with Crippen LogP contribution in [0.25, 0.3) is 33.4 Å². The van der Waals surface area contributed by atoms with Crippen LogP contribution < -0.4 is 11.3 Å². The molecule has 2 heterocycles. The standard InChI is InChI=1S/C20H10Cl2O4/c21-13-5-1-11(2-6-13)17-9-15-16(19(23)25-17)10-18(26-20(15)24)12-3-7-14(22)8-4-12/h1-10H. The molecule has 0 amide bonds. The molecule has 4 nitrogen and oxygen atoms in total. The quantitative estimate of drug-likeness (QED) is 0.464. The molecule has 0 fully saturated rings. The Hall–Kier alpha value is -2.82. The van der Waals surface area contributed by atoms with Crippen LogP contribution in [0.5, 0.6) is 0 Å². The van der Waals surface area contributed by atoms with E-state index in [4.69, 9.17) is 32.0 Å². The van der Waals surface area contributed by atoms with E-state index in [1.807, 2.05) is 0 Å². The van der Waals surface area contributed by atoms with E-state index in [1.165, 1.54) is 12.1 Å². The zero-order valence-corrected chi connectivity index (χ0v) is 14.7. The molecule has 26 heavy (non-hydrogen) atoms. The first kappa shape index (κ1) is 16.6. The van der Waals surface area contributed by atoms with E-state index in [2.05, 4.69) is 0 Å². The highest BCUT2D eigenvalue weighted by atomic mass is 35.5. The molecule has 0 radical (unpaired) electrons. The summed E-state index contributed by atoms with van der Waals surface area (Å²) in [6.07, 6.45) is 0. The fourth-order valence-electron chi connectivity index (χ4n) is 2.64. The second kappa shape index (κ2) is 6.48. The van der Waals surface area contributed by atoms with Gasteiger partial charge in [-0.05, 0) is 60.7 Å². The molecule has 0 N–H and O–H groups in total. The van der Waals surface area contributed by atoms with Gasteiger partial charge in [0.15, 0.2) is 0 Å². The van der Waals surface area contributed by atoms with E-state index in [-0.39, 0.29) is 22.3 Å². The minimum absolute atomic E-state index is 0.156. The molecule has 0 unspecified atom stereocenters. The first-order valence-electron chi connectivity index (χ1n) is 7.65. The maximum Gasteiger partial charge on any atom is 0.344 e. The van der Waals surface area contributed by atoms with Gasteiger partial charge in [-0.15, -0.1) is 0 Å². The molecule has 0 saturated carbocycles. The summed E-state index contributed by atoms with van der Waals surface area (Å²) in [4.78, 5) is 24.9. The molecule has 2 aromatic carbocycles. The summed E-state index contributed by atoms with van der Waals surface area (Å²) in [7, 11) is 0. The fourth-order valence-corrected chi connectivity index (χ4v) is 2.89. The van der Waals surface area contributed by atoms with Crippen molar-refractivity contribution in [3.63, 3.8) is 0 Å². The van der Waals surface area contributed by atoms with Crippen molar-refractivity contribution < 1.29 is 8.83 Å². The van der Waals surface area contributed by atoms with Gasteiger partial charge >= 0.3 is 11.3 Å². The van der Waals surface area contributed by atoms with Crippen LogP contribution in [0.15, 0.2) is 79.1 Å². The van der Waals surface area contributed by atoms with Crippen molar-refractivity contribution >= 4 is 34.0 Å². The molecular formula is C20H10Cl2O4. The Labute approximate surface area is 157 Å². The van der Waals surface area contributed by atoms with Crippen molar-refractivity contribution in [2.45, 2.75) is 0 Å². The van der Waals surface area contributed by atoms with Gasteiger partial charge in [0.05, 0.1) is 10.8 Å². The SMILES string of the molecule is O=c1oc(-c2ccc(Cl)cc2)cc2c(=O)oc(-c3ccc(Cl)cc3)cc12. The van der Waals surface area contributed by atoms with Gasteiger partial charge in [-0.25, -0.2) is 9.59 Å². The van der Waals surface area contributed by atoms with Gasteiger partial charge in [0, 0.05) is 21.2 Å². The minimum Gasteiger partial charge on any atom is -0.422 e. The minimum atomic E-state index is -0.615. The van der Waals surface area contributed by atoms with E-state index in [1.54, 1.807) is 48.5 Å². The van der Waals surface area contributed by atoms with E-state index < -0.39 is 11.3 Å². The summed E-state index contributed by atoms with van der Waals surface area (Å²) in [6, 6.07) is 16.5. The molecule has 0 aliphatic rings. The van der Waals surface area contributed by atoms with Crippen LogP contribution in [-0.2, 0) is 0 Å². The average Bonchev–Trinajstić information content (AvgIpc) is 2.63. The smallest absolute Gasteiger partial charge is 0.344 e. The largest absolute Gasteiger partial charge is 0.422 e. The summed E-state index contributed by atoms with van der Waals surface area (Å²) >= 11 is 11.7. The number of hydrogen-bond donors (Lipinski definition) is 0. The van der Waals surface area contributed by atoms with Crippen LogP contribution in [0.2, 0.25) is 10.0 Å². The van der Waals surface area contributed by atoms with Crippen molar-refractivity contribution in [3.8, 4) is 22.6 Å². The second-order valence-corrected chi connectivity index (χ2v) is 6.51. The van der Waals surface area contributed by atoms with Crippen molar-refractivity contribution in [1.29, 1.82) is 0 Å². The summed E-state index contributed by atoms with van der Waals surface area (Å²) in [5.74, 6) is 0.538. The van der Waals surface area contributed by atoms with Gasteiger partial charge in [0.2, 0.25) is 0 Å². The Morgan fingerprint density at radius 2 is 0.923 bits per heavy atom. The number of hydrogen-bond acceptors (Lipinski definition) is 4. The monoisotopic (exact) mass is 384 g/mol. The maximum atomic E-state index is 12.4. The lowest BCUT2D eigenvalue weighted by Gasteiger charge is -2.05. The predicted molar refractivity (Wildman–Crippen MR) is 102 cm³/mol. The van der Waals surface area contributed by atoms with Gasteiger partial charge in [0.25, 0.3) is 0 Å². The predicted octanol–water partition coefficient (Wildman–Crippen LogP) is 5.39. The first-order valence-corrected chi connectivity index (χ1v) is 8.41. The maximum absolute atomic E-state index is 12.4. The normalized spacial score (nSPS) is 11.0. The van der Waals surface area contributed by atoms with Gasteiger partial charge in [-0.1, -0.05) is 23.2 Å². The molecule has 0 bridgehead atoms. The third-order valence-corrected chi connectivity index (χ3v) is 4.45. The zero-order valence-electron chi connectivity index (χ0n) is 13.2. The van der Waals surface area contributed by atoms with Gasteiger partial charge in [0.1, 0.15) is 11.5 Å². The van der Waals surface area contributed by atoms with Crippen molar-refractivity contribution in [1.82, 2.24) is 0 Å². The third-order valence-electron chi connectivity index (χ3n) is 3.94. The lowest BCUT2D eigenvalue weighted by Crippen LogP contribution is -2.08. The second-order valence-electron chi connectivity index (χ2n) is 5.64. The molecule has 4 rings (SSSR count). The Morgan fingerprint density at radius 3 is 1.27 bits per heavy atom. The zero-order chi connectivity index (χ0) is 18.3. The highest BCUT2D eigenvalue weighted by Crippen LogP contribution is 2.26. The van der Waals surface area contributed by atoms with Crippen LogP contribution in [0, 0.1) is 0 Å². The molecule has 0 spiro atoms. The van der Waals surface area contributed by atoms with Crippen LogP contribution in [0.3, 0.4) is 0 Å². The van der Waals surface area contributed by atoms with Crippen molar-refractivity contribution in [3.05, 3.63) is 91.5 Å². The first-order chi connectivity index (χ1) is 12.5. The van der Waals surface area contributed by atoms with E-state index >= 15 is 0 Å². The lowest BCUT2D eigenvalue weighted by atomic mass is 10.1. The Morgan fingerprint density at radius 1 is 0.577 bits per heavy atom. The highest BCUT2D eigenvalue weighted by Gasteiger charge is 2.13. The Kier molecular flexibility index (Phi) is 4.15. The molecule has 2 aromatic heterocycles. The van der Waals surface area contributed by atoms with E-state index in [0.29, 0.717) is 21.2 Å². The molecule has 4 aromatic rings. The van der Waals surface area contributed by atoms with Crippen LogP contribution in [-0.4, -0.2) is 0 Å². The number of rotatable bonds is 2. The molecule has 6 heteroatoms. The van der Waals surface area contributed by atoms with E-state index in [0.717, 1.165) is 0 Å². The van der Waals surface area contributed by atoms with E-state index in [9.17, 15) is 9.59 Å². The van der Waals surface area contributed by atoms with Gasteiger partial charge in [-0.3, -0.25) is 0 Å². The van der Waals surface area contributed by atoms with Crippen LogP contribution in [0.4, 0.5) is 0 Å². The lowest BCUT2D eigenvalue weighted by molar-refractivity contribution is 0.520. The molecular weight excluding hydrogens is 375 g/mol. The number of halogens is 2. The molecule has 128 valence electrons. The summed E-state index contributed by atoms with van der Waals surface area (Å²) < 4.78 is 10.8. The van der Waals surface area contributed by atoms with Crippen LogP contribution >= 0.6 is 23.2 Å². The summed E-state index contributed by atoms with van der Waals surface area (Å²) in [5.41, 5.74) is 0.0373. The Balaban J connectivity index is 1.91. The fraction of sp³-hybridized carbons (Fsp3) is 0. The van der Waals surface area contributed by atoms with Gasteiger partial charge < -0.3 is 8.83 Å². The van der Waals surface area contributed by atoms with Gasteiger partial charge in [-0.2, -0.15) is 0 Å². The summed E-state index contributed by atoms with van der Waals surface area (Å²) in [6.45, 7) is 0. The molecule has 0 saturated heterocycles. The number of fused-ring (bicyclic) bond motifs is 1.